The summed E-state index contributed by atoms with van der Waals surface area (Å²) in [7, 11) is 0. The van der Waals surface area contributed by atoms with Crippen LogP contribution in [0, 0.1) is 0 Å². The van der Waals surface area contributed by atoms with Gasteiger partial charge in [-0.3, -0.25) is 4.57 Å². The van der Waals surface area contributed by atoms with Gasteiger partial charge >= 0.3 is 0 Å². The van der Waals surface area contributed by atoms with Crippen molar-refractivity contribution in [2.24, 2.45) is 0 Å². The Balaban J connectivity index is 1.98. The number of hydrogen-bond acceptors (Lipinski definition) is 4. The Bertz CT molecular complexity index is 783. The predicted octanol–water partition coefficient (Wildman–Crippen LogP) is 5.00. The normalized spacial score (nSPS) is 11.8. The summed E-state index contributed by atoms with van der Waals surface area (Å²) in [5.41, 5.74) is 2.53. The second-order valence-electron chi connectivity index (χ2n) is 6.73. The predicted molar refractivity (Wildman–Crippen MR) is 98.4 cm³/mol. The first kappa shape index (κ1) is 16.8. The third-order valence-corrected chi connectivity index (χ3v) is 4.74. The standard InChI is InChI=1S/C19H23N3OS/c1-5-24-18-21-20-17(22(18)13-16-7-6-12-23-16)14-8-10-15(11-9-14)19(2,3)4/h6-12H,5,13H2,1-4H3. The van der Waals surface area contributed by atoms with Crippen molar-refractivity contribution in [3.63, 3.8) is 0 Å². The fraction of sp³-hybridized carbons (Fsp3) is 0.368. The molecule has 0 amide bonds. The number of thioether (sulfide) groups is 1. The average molecular weight is 341 g/mol. The Hall–Kier alpha value is -2.01. The quantitative estimate of drug-likeness (QED) is 0.613. The van der Waals surface area contributed by atoms with E-state index in [0.29, 0.717) is 6.54 Å². The second kappa shape index (κ2) is 6.85. The van der Waals surface area contributed by atoms with E-state index in [0.717, 1.165) is 28.1 Å². The van der Waals surface area contributed by atoms with E-state index in [1.165, 1.54) is 5.56 Å². The molecule has 3 aromatic rings. The molecule has 0 saturated carbocycles. The van der Waals surface area contributed by atoms with Crippen molar-refractivity contribution in [1.82, 2.24) is 14.8 Å². The van der Waals surface area contributed by atoms with E-state index in [2.05, 4.69) is 66.7 Å². The summed E-state index contributed by atoms with van der Waals surface area (Å²) in [6.07, 6.45) is 1.70. The van der Waals surface area contributed by atoms with Crippen LogP contribution >= 0.6 is 11.8 Å². The molecule has 4 nitrogen and oxygen atoms in total. The first-order chi connectivity index (χ1) is 11.5. The lowest BCUT2D eigenvalue weighted by molar-refractivity contribution is 0.485. The van der Waals surface area contributed by atoms with Crippen molar-refractivity contribution >= 4 is 11.8 Å². The highest BCUT2D eigenvalue weighted by molar-refractivity contribution is 7.99. The zero-order valence-electron chi connectivity index (χ0n) is 14.6. The molecule has 0 aliphatic heterocycles. The van der Waals surface area contributed by atoms with Gasteiger partial charge in [0.1, 0.15) is 5.76 Å². The van der Waals surface area contributed by atoms with E-state index in [4.69, 9.17) is 4.42 Å². The molecule has 0 aliphatic carbocycles. The largest absolute Gasteiger partial charge is 0.467 e. The first-order valence-corrected chi connectivity index (χ1v) is 9.17. The molecular formula is C19H23N3OS. The van der Waals surface area contributed by atoms with E-state index in [1.807, 2.05) is 12.1 Å². The van der Waals surface area contributed by atoms with Crippen molar-refractivity contribution in [3.05, 3.63) is 54.0 Å². The first-order valence-electron chi connectivity index (χ1n) is 8.18. The van der Waals surface area contributed by atoms with Gasteiger partial charge in [-0.1, -0.05) is 63.7 Å². The zero-order valence-corrected chi connectivity index (χ0v) is 15.4. The highest BCUT2D eigenvalue weighted by atomic mass is 32.2. The van der Waals surface area contributed by atoms with E-state index in [-0.39, 0.29) is 5.41 Å². The highest BCUT2D eigenvalue weighted by Crippen LogP contribution is 2.28. The summed E-state index contributed by atoms with van der Waals surface area (Å²) < 4.78 is 7.63. The summed E-state index contributed by atoms with van der Waals surface area (Å²) in [5, 5.41) is 9.72. The number of benzene rings is 1. The molecule has 0 atom stereocenters. The Morgan fingerprint density at radius 2 is 1.83 bits per heavy atom. The zero-order chi connectivity index (χ0) is 17.2. The topological polar surface area (TPSA) is 43.9 Å². The monoisotopic (exact) mass is 341 g/mol. The number of hydrogen-bond donors (Lipinski definition) is 0. The maximum absolute atomic E-state index is 5.51. The smallest absolute Gasteiger partial charge is 0.191 e. The molecule has 3 rings (SSSR count). The molecule has 0 bridgehead atoms. The summed E-state index contributed by atoms with van der Waals surface area (Å²) in [5.74, 6) is 2.74. The van der Waals surface area contributed by atoms with Crippen molar-refractivity contribution in [2.45, 2.75) is 44.8 Å². The lowest BCUT2D eigenvalue weighted by Crippen LogP contribution is -2.10. The second-order valence-corrected chi connectivity index (χ2v) is 7.96. The number of rotatable bonds is 5. The van der Waals surface area contributed by atoms with Crippen LogP contribution in [-0.4, -0.2) is 20.5 Å². The Labute approximate surface area is 147 Å². The van der Waals surface area contributed by atoms with Crippen LogP contribution in [0.15, 0.2) is 52.2 Å². The Morgan fingerprint density at radius 1 is 1.08 bits per heavy atom. The van der Waals surface area contributed by atoms with Crippen LogP contribution in [0.3, 0.4) is 0 Å². The van der Waals surface area contributed by atoms with Crippen molar-refractivity contribution in [2.75, 3.05) is 5.75 Å². The fourth-order valence-corrected chi connectivity index (χ4v) is 3.22. The maximum Gasteiger partial charge on any atom is 0.191 e. The molecule has 0 radical (unpaired) electrons. The van der Waals surface area contributed by atoms with Crippen molar-refractivity contribution in [3.8, 4) is 11.4 Å². The fourth-order valence-electron chi connectivity index (χ4n) is 2.56. The van der Waals surface area contributed by atoms with E-state index < -0.39 is 0 Å². The third kappa shape index (κ3) is 3.56. The SMILES string of the molecule is CCSc1nnc(-c2ccc(C(C)(C)C)cc2)n1Cc1ccco1. The number of furan rings is 1. The lowest BCUT2D eigenvalue weighted by atomic mass is 9.87. The van der Waals surface area contributed by atoms with E-state index in [9.17, 15) is 0 Å². The van der Waals surface area contributed by atoms with Crippen LogP contribution in [0.25, 0.3) is 11.4 Å². The van der Waals surface area contributed by atoms with Gasteiger partial charge in [-0.05, 0) is 28.9 Å². The lowest BCUT2D eigenvalue weighted by Gasteiger charge is -2.19. The highest BCUT2D eigenvalue weighted by Gasteiger charge is 2.17. The molecule has 0 spiro atoms. The van der Waals surface area contributed by atoms with Gasteiger partial charge in [-0.15, -0.1) is 10.2 Å². The van der Waals surface area contributed by atoms with Crippen LogP contribution in [0.5, 0.6) is 0 Å². The minimum absolute atomic E-state index is 0.142. The van der Waals surface area contributed by atoms with Crippen LogP contribution < -0.4 is 0 Å². The summed E-state index contributed by atoms with van der Waals surface area (Å²) in [4.78, 5) is 0. The van der Waals surface area contributed by atoms with E-state index >= 15 is 0 Å². The number of nitrogens with zero attached hydrogens (tertiary/aromatic N) is 3. The van der Waals surface area contributed by atoms with Gasteiger partial charge in [0.15, 0.2) is 11.0 Å². The molecule has 126 valence electrons. The average Bonchev–Trinajstić information content (AvgIpc) is 3.18. The summed E-state index contributed by atoms with van der Waals surface area (Å²) >= 11 is 1.69. The van der Waals surface area contributed by atoms with Crippen LogP contribution in [0.4, 0.5) is 0 Å². The van der Waals surface area contributed by atoms with E-state index in [1.54, 1.807) is 18.0 Å². The van der Waals surface area contributed by atoms with Gasteiger partial charge in [0.25, 0.3) is 0 Å². The molecule has 2 heterocycles. The van der Waals surface area contributed by atoms with Gasteiger partial charge in [0, 0.05) is 5.56 Å². The van der Waals surface area contributed by atoms with Gasteiger partial charge < -0.3 is 4.42 Å². The van der Waals surface area contributed by atoms with Crippen LogP contribution in [0.1, 0.15) is 39.0 Å². The van der Waals surface area contributed by atoms with Gasteiger partial charge in [0.2, 0.25) is 0 Å². The van der Waals surface area contributed by atoms with Crippen LogP contribution in [0.2, 0.25) is 0 Å². The molecule has 5 heteroatoms. The Morgan fingerprint density at radius 3 is 2.42 bits per heavy atom. The number of aromatic nitrogens is 3. The Kier molecular flexibility index (Phi) is 4.81. The molecule has 2 aromatic heterocycles. The minimum atomic E-state index is 0.142. The van der Waals surface area contributed by atoms with Gasteiger partial charge in [-0.2, -0.15) is 0 Å². The molecule has 0 unspecified atom stereocenters. The molecule has 0 fully saturated rings. The van der Waals surface area contributed by atoms with Gasteiger partial charge in [-0.25, -0.2) is 0 Å². The summed E-state index contributed by atoms with van der Waals surface area (Å²) in [6.45, 7) is 9.42. The maximum atomic E-state index is 5.51. The minimum Gasteiger partial charge on any atom is -0.467 e. The van der Waals surface area contributed by atoms with Gasteiger partial charge in [0.05, 0.1) is 12.8 Å². The molecular weight excluding hydrogens is 318 g/mol. The molecule has 1 aromatic carbocycles. The van der Waals surface area contributed by atoms with Crippen LogP contribution in [-0.2, 0) is 12.0 Å². The van der Waals surface area contributed by atoms with Crippen molar-refractivity contribution < 1.29 is 4.42 Å². The molecule has 0 N–H and O–H groups in total. The molecule has 24 heavy (non-hydrogen) atoms. The third-order valence-electron chi connectivity index (χ3n) is 3.89. The molecule has 0 saturated heterocycles. The molecule has 0 aliphatic rings. The summed E-state index contributed by atoms with van der Waals surface area (Å²) in [6, 6.07) is 12.5. The van der Waals surface area contributed by atoms with Crippen molar-refractivity contribution in [1.29, 1.82) is 0 Å².